The highest BCUT2D eigenvalue weighted by Gasteiger charge is 2.14. The lowest BCUT2D eigenvalue weighted by atomic mass is 10.1. The van der Waals surface area contributed by atoms with E-state index in [1.165, 1.54) is 14.2 Å². The van der Waals surface area contributed by atoms with Gasteiger partial charge in [0.05, 0.1) is 32.9 Å². The minimum absolute atomic E-state index is 0.197. The molecule has 1 rings (SSSR count). The number of hydrazine groups is 1. The fourth-order valence-corrected chi connectivity index (χ4v) is 1.59. The minimum Gasteiger partial charge on any atom is -0.496 e. The standard InChI is InChI=1S/C12H18N2O4/c1-4-18-9-5-11(16-2)10(7-14(13)8-15)12(6-9)17-3/h5-6,8H,4,7,13H2,1-3H3. The van der Waals surface area contributed by atoms with Gasteiger partial charge in [-0.05, 0) is 6.92 Å². The Bertz CT molecular complexity index is 384. The first-order chi connectivity index (χ1) is 8.65. The highest BCUT2D eigenvalue weighted by atomic mass is 16.5. The predicted octanol–water partition coefficient (Wildman–Crippen LogP) is 0.935. The van der Waals surface area contributed by atoms with E-state index >= 15 is 0 Å². The summed E-state index contributed by atoms with van der Waals surface area (Å²) in [5.74, 6) is 7.24. The van der Waals surface area contributed by atoms with Crippen LogP contribution in [0.4, 0.5) is 0 Å². The average Bonchev–Trinajstić information content (AvgIpc) is 2.39. The van der Waals surface area contributed by atoms with E-state index in [4.69, 9.17) is 20.1 Å². The summed E-state index contributed by atoms with van der Waals surface area (Å²) in [6.45, 7) is 2.63. The highest BCUT2D eigenvalue weighted by Crippen LogP contribution is 2.34. The molecular formula is C12H18N2O4. The second-order valence-electron chi connectivity index (χ2n) is 3.52. The number of rotatable bonds is 7. The molecule has 0 bridgehead atoms. The van der Waals surface area contributed by atoms with Gasteiger partial charge in [-0.3, -0.25) is 9.80 Å². The molecule has 0 aliphatic rings. The van der Waals surface area contributed by atoms with Crippen molar-refractivity contribution in [3.05, 3.63) is 17.7 Å². The van der Waals surface area contributed by atoms with Crippen LogP contribution in [0.2, 0.25) is 0 Å². The van der Waals surface area contributed by atoms with Gasteiger partial charge >= 0.3 is 0 Å². The van der Waals surface area contributed by atoms with E-state index in [2.05, 4.69) is 0 Å². The van der Waals surface area contributed by atoms with Gasteiger partial charge in [0.1, 0.15) is 17.2 Å². The van der Waals surface area contributed by atoms with Crippen molar-refractivity contribution < 1.29 is 19.0 Å². The number of nitrogens with zero attached hydrogens (tertiary/aromatic N) is 1. The van der Waals surface area contributed by atoms with Gasteiger partial charge in [0.15, 0.2) is 0 Å². The van der Waals surface area contributed by atoms with Gasteiger partial charge in [0.25, 0.3) is 0 Å². The number of carbonyl (C=O) groups excluding carboxylic acids is 1. The summed E-state index contributed by atoms with van der Waals surface area (Å²) in [5.41, 5.74) is 0.693. The van der Waals surface area contributed by atoms with Crippen molar-refractivity contribution in [3.63, 3.8) is 0 Å². The van der Waals surface area contributed by atoms with E-state index in [1.54, 1.807) is 12.1 Å². The van der Waals surface area contributed by atoms with Crippen LogP contribution in [-0.2, 0) is 11.3 Å². The van der Waals surface area contributed by atoms with Crippen molar-refractivity contribution in [3.8, 4) is 17.2 Å². The highest BCUT2D eigenvalue weighted by molar-refractivity contribution is 5.53. The molecule has 0 spiro atoms. The summed E-state index contributed by atoms with van der Waals surface area (Å²) in [5, 5.41) is 1.01. The fourth-order valence-electron chi connectivity index (χ4n) is 1.59. The molecule has 1 aromatic rings. The monoisotopic (exact) mass is 254 g/mol. The van der Waals surface area contributed by atoms with Gasteiger partial charge in [0, 0.05) is 12.1 Å². The van der Waals surface area contributed by atoms with Crippen molar-refractivity contribution in [2.75, 3.05) is 20.8 Å². The van der Waals surface area contributed by atoms with E-state index < -0.39 is 0 Å². The maximum Gasteiger partial charge on any atom is 0.223 e. The molecule has 0 atom stereocenters. The lowest BCUT2D eigenvalue weighted by molar-refractivity contribution is -0.118. The summed E-state index contributed by atoms with van der Waals surface area (Å²) in [4.78, 5) is 10.6. The molecule has 100 valence electrons. The van der Waals surface area contributed by atoms with Gasteiger partial charge in [-0.15, -0.1) is 0 Å². The van der Waals surface area contributed by atoms with Crippen LogP contribution < -0.4 is 20.1 Å². The summed E-state index contributed by atoms with van der Waals surface area (Å²) >= 11 is 0. The van der Waals surface area contributed by atoms with Crippen molar-refractivity contribution >= 4 is 6.41 Å². The molecule has 0 aromatic heterocycles. The Morgan fingerprint density at radius 2 is 1.83 bits per heavy atom. The third-order valence-electron chi connectivity index (χ3n) is 2.37. The predicted molar refractivity (Wildman–Crippen MR) is 66.5 cm³/mol. The summed E-state index contributed by atoms with van der Waals surface area (Å²) in [7, 11) is 3.07. The first-order valence-electron chi connectivity index (χ1n) is 5.50. The van der Waals surface area contributed by atoms with E-state index in [0.29, 0.717) is 35.8 Å². The number of hydrogen-bond acceptors (Lipinski definition) is 5. The van der Waals surface area contributed by atoms with E-state index in [0.717, 1.165) is 5.01 Å². The molecule has 2 N–H and O–H groups in total. The number of hydrogen-bond donors (Lipinski definition) is 1. The minimum atomic E-state index is 0.197. The molecule has 0 saturated heterocycles. The summed E-state index contributed by atoms with van der Waals surface area (Å²) < 4.78 is 15.9. The third-order valence-corrected chi connectivity index (χ3v) is 2.37. The van der Waals surface area contributed by atoms with Crippen LogP contribution in [0.5, 0.6) is 17.2 Å². The Kier molecular flexibility index (Phi) is 5.26. The number of ether oxygens (including phenoxy) is 3. The molecular weight excluding hydrogens is 236 g/mol. The molecule has 0 aliphatic heterocycles. The molecule has 1 aromatic carbocycles. The van der Waals surface area contributed by atoms with Crippen LogP contribution in [0, 0.1) is 0 Å². The maximum atomic E-state index is 10.6. The molecule has 0 unspecified atom stereocenters. The molecule has 18 heavy (non-hydrogen) atoms. The van der Waals surface area contributed by atoms with Crippen molar-refractivity contribution in [1.82, 2.24) is 5.01 Å². The van der Waals surface area contributed by atoms with Crippen LogP contribution in [0.3, 0.4) is 0 Å². The molecule has 6 nitrogen and oxygen atoms in total. The molecule has 0 radical (unpaired) electrons. The number of methoxy groups -OCH3 is 2. The Balaban J connectivity index is 3.16. The molecule has 0 aliphatic carbocycles. The lowest BCUT2D eigenvalue weighted by Gasteiger charge is -2.18. The molecule has 0 fully saturated rings. The number of benzene rings is 1. The van der Waals surface area contributed by atoms with Crippen molar-refractivity contribution in [2.45, 2.75) is 13.5 Å². The zero-order chi connectivity index (χ0) is 13.5. The normalized spacial score (nSPS) is 9.78. The van der Waals surface area contributed by atoms with E-state index in [9.17, 15) is 4.79 Å². The van der Waals surface area contributed by atoms with Gasteiger partial charge in [-0.1, -0.05) is 0 Å². The van der Waals surface area contributed by atoms with Crippen molar-refractivity contribution in [2.24, 2.45) is 5.84 Å². The van der Waals surface area contributed by atoms with E-state index in [-0.39, 0.29) is 6.54 Å². The molecule has 1 amide bonds. The van der Waals surface area contributed by atoms with Crippen LogP contribution in [0.25, 0.3) is 0 Å². The number of carbonyl (C=O) groups is 1. The largest absolute Gasteiger partial charge is 0.496 e. The summed E-state index contributed by atoms with van der Waals surface area (Å²) in [6, 6.07) is 3.47. The first kappa shape index (κ1) is 14.1. The third kappa shape index (κ3) is 3.27. The van der Waals surface area contributed by atoms with Crippen molar-refractivity contribution in [1.29, 1.82) is 0 Å². The van der Waals surface area contributed by atoms with Crippen LogP contribution in [0.15, 0.2) is 12.1 Å². The maximum absolute atomic E-state index is 10.6. The van der Waals surface area contributed by atoms with Crippen LogP contribution >= 0.6 is 0 Å². The zero-order valence-electron chi connectivity index (χ0n) is 10.8. The molecule has 0 heterocycles. The Labute approximate surface area is 106 Å². The Hall–Kier alpha value is -1.95. The quantitative estimate of drug-likeness (QED) is 0.339. The Morgan fingerprint density at radius 3 is 2.22 bits per heavy atom. The van der Waals surface area contributed by atoms with E-state index in [1.807, 2.05) is 6.92 Å². The average molecular weight is 254 g/mol. The molecule has 0 saturated carbocycles. The number of nitrogens with two attached hydrogens (primary N) is 1. The Morgan fingerprint density at radius 1 is 1.28 bits per heavy atom. The molecule has 6 heteroatoms. The second kappa shape index (κ2) is 6.70. The topological polar surface area (TPSA) is 74.0 Å². The SMILES string of the molecule is CCOc1cc(OC)c(CN(N)C=O)c(OC)c1. The van der Waals surface area contributed by atoms with Gasteiger partial charge < -0.3 is 14.2 Å². The summed E-state index contributed by atoms with van der Waals surface area (Å²) in [6.07, 6.45) is 0.537. The fraction of sp³-hybridized carbons (Fsp3) is 0.417. The smallest absolute Gasteiger partial charge is 0.223 e. The van der Waals surface area contributed by atoms with Gasteiger partial charge in [-0.2, -0.15) is 0 Å². The first-order valence-corrected chi connectivity index (χ1v) is 5.50. The second-order valence-corrected chi connectivity index (χ2v) is 3.52. The van der Waals surface area contributed by atoms with Gasteiger partial charge in [-0.25, -0.2) is 5.84 Å². The van der Waals surface area contributed by atoms with Crippen LogP contribution in [-0.4, -0.2) is 32.2 Å². The number of amides is 1. The zero-order valence-corrected chi connectivity index (χ0v) is 10.8. The lowest BCUT2D eigenvalue weighted by Crippen LogP contribution is -2.28. The van der Waals surface area contributed by atoms with Crippen LogP contribution in [0.1, 0.15) is 12.5 Å². The van der Waals surface area contributed by atoms with Gasteiger partial charge in [0.2, 0.25) is 6.41 Å².